The summed E-state index contributed by atoms with van der Waals surface area (Å²) in [6.45, 7) is -0.207. The maximum Gasteiger partial charge on any atom is 0.331 e. The fourth-order valence-electron chi connectivity index (χ4n) is 2.44. The number of nitrogens with zero attached hydrogens (tertiary/aromatic N) is 3. The summed E-state index contributed by atoms with van der Waals surface area (Å²) in [5.74, 6) is 0. The molecule has 118 valence electrons. The van der Waals surface area contributed by atoms with Gasteiger partial charge in [0.2, 0.25) is 0 Å². The van der Waals surface area contributed by atoms with Crippen LogP contribution < -0.4 is 11.2 Å². The van der Waals surface area contributed by atoms with Crippen molar-refractivity contribution in [2.75, 3.05) is 0 Å². The largest absolute Gasteiger partial charge is 0.387 e. The van der Waals surface area contributed by atoms with Gasteiger partial charge in [-0.2, -0.15) is 5.26 Å². The van der Waals surface area contributed by atoms with E-state index in [2.05, 4.69) is 0 Å². The third kappa shape index (κ3) is 3.07. The molecule has 1 heterocycles. The molecule has 7 heteroatoms. The summed E-state index contributed by atoms with van der Waals surface area (Å²) in [5.41, 5.74) is -0.729. The van der Waals surface area contributed by atoms with Crippen LogP contribution in [0.5, 0.6) is 0 Å². The first-order valence-corrected chi connectivity index (χ1v) is 7.58. The second-order valence-corrected chi connectivity index (χ2v) is 6.00. The molecule has 1 aromatic carbocycles. The van der Waals surface area contributed by atoms with Crippen molar-refractivity contribution in [3.63, 3.8) is 0 Å². The zero-order valence-electron chi connectivity index (χ0n) is 12.1. The fourth-order valence-corrected chi connectivity index (χ4v) is 2.56. The van der Waals surface area contributed by atoms with Crippen LogP contribution in [0.2, 0.25) is 5.02 Å². The van der Waals surface area contributed by atoms with E-state index in [1.54, 1.807) is 24.3 Å². The van der Waals surface area contributed by atoms with Crippen LogP contribution >= 0.6 is 11.6 Å². The van der Waals surface area contributed by atoms with Gasteiger partial charge in [-0.15, -0.1) is 0 Å². The van der Waals surface area contributed by atoms with Gasteiger partial charge in [-0.1, -0.05) is 23.7 Å². The number of benzene rings is 1. The molecule has 0 spiro atoms. The Morgan fingerprint density at radius 2 is 1.96 bits per heavy atom. The van der Waals surface area contributed by atoms with Crippen LogP contribution in [-0.2, 0) is 6.54 Å². The standard InChI is InChI=1S/C16H14ClN3O3/c17-12-3-1-10(2-4-12)14(21)9-20-15(22)11(7-18)8-19(16(20)23)13-5-6-13/h1-4,8,13-14,21H,5-6,9H2/t14-/m1/s1. The highest BCUT2D eigenvalue weighted by molar-refractivity contribution is 6.30. The summed E-state index contributed by atoms with van der Waals surface area (Å²) in [6.07, 6.45) is 1.97. The van der Waals surface area contributed by atoms with Gasteiger partial charge in [-0.3, -0.25) is 13.9 Å². The van der Waals surface area contributed by atoms with Gasteiger partial charge in [-0.25, -0.2) is 4.79 Å². The quantitative estimate of drug-likeness (QED) is 0.921. The number of aliphatic hydroxyl groups excluding tert-OH is 1. The van der Waals surface area contributed by atoms with Crippen molar-refractivity contribution in [2.45, 2.75) is 31.5 Å². The minimum atomic E-state index is -1.04. The van der Waals surface area contributed by atoms with Crippen molar-refractivity contribution in [1.82, 2.24) is 9.13 Å². The zero-order valence-corrected chi connectivity index (χ0v) is 12.9. The first kappa shape index (κ1) is 15.5. The Hall–Kier alpha value is -2.36. The predicted octanol–water partition coefficient (Wildman–Crippen LogP) is 1.60. The van der Waals surface area contributed by atoms with Gasteiger partial charge < -0.3 is 5.11 Å². The van der Waals surface area contributed by atoms with Crippen LogP contribution in [0.4, 0.5) is 0 Å². The third-order valence-electron chi connectivity index (χ3n) is 3.87. The van der Waals surface area contributed by atoms with Crippen LogP contribution in [0.1, 0.15) is 36.1 Å². The minimum Gasteiger partial charge on any atom is -0.387 e. The summed E-state index contributed by atoms with van der Waals surface area (Å²) in [6, 6.07) is 8.36. The van der Waals surface area contributed by atoms with Gasteiger partial charge in [0, 0.05) is 17.3 Å². The molecule has 1 fully saturated rings. The maximum absolute atomic E-state index is 12.4. The molecule has 6 nitrogen and oxygen atoms in total. The van der Waals surface area contributed by atoms with Crippen LogP contribution in [0.3, 0.4) is 0 Å². The van der Waals surface area contributed by atoms with Crippen molar-refractivity contribution >= 4 is 11.6 Å². The summed E-state index contributed by atoms with van der Waals surface area (Å²) in [7, 11) is 0. The summed E-state index contributed by atoms with van der Waals surface area (Å²) >= 11 is 5.80. The first-order valence-electron chi connectivity index (χ1n) is 7.21. The number of rotatable bonds is 4. The van der Waals surface area contributed by atoms with E-state index in [0.29, 0.717) is 10.6 Å². The van der Waals surface area contributed by atoms with E-state index >= 15 is 0 Å². The molecule has 1 N–H and O–H groups in total. The number of hydrogen-bond donors (Lipinski definition) is 1. The number of aliphatic hydroxyl groups is 1. The molecule has 1 aliphatic rings. The second kappa shape index (κ2) is 6.03. The monoisotopic (exact) mass is 331 g/mol. The molecule has 0 bridgehead atoms. The third-order valence-corrected chi connectivity index (χ3v) is 4.12. The molecule has 3 rings (SSSR count). The highest BCUT2D eigenvalue weighted by atomic mass is 35.5. The Bertz CT molecular complexity index is 889. The Morgan fingerprint density at radius 1 is 1.30 bits per heavy atom. The van der Waals surface area contributed by atoms with Crippen molar-refractivity contribution in [2.24, 2.45) is 0 Å². The SMILES string of the molecule is N#Cc1cn(C2CC2)c(=O)n(C[C@@H](O)c2ccc(Cl)cc2)c1=O. The van der Waals surface area contributed by atoms with Crippen molar-refractivity contribution < 1.29 is 5.11 Å². The van der Waals surface area contributed by atoms with E-state index < -0.39 is 17.4 Å². The van der Waals surface area contributed by atoms with Crippen LogP contribution in [0, 0.1) is 11.3 Å². The van der Waals surface area contributed by atoms with Gasteiger partial charge in [-0.05, 0) is 30.5 Å². The molecule has 1 atom stereocenters. The predicted molar refractivity (Wildman–Crippen MR) is 84.4 cm³/mol. The number of hydrogen-bond acceptors (Lipinski definition) is 4. The molecule has 0 unspecified atom stereocenters. The second-order valence-electron chi connectivity index (χ2n) is 5.56. The normalized spacial score (nSPS) is 15.2. The molecular weight excluding hydrogens is 318 g/mol. The molecule has 0 saturated heterocycles. The topological polar surface area (TPSA) is 88.0 Å². The summed E-state index contributed by atoms with van der Waals surface area (Å²) in [4.78, 5) is 24.7. The Morgan fingerprint density at radius 3 is 2.52 bits per heavy atom. The molecule has 0 amide bonds. The summed E-state index contributed by atoms with van der Waals surface area (Å²) < 4.78 is 2.34. The van der Waals surface area contributed by atoms with Gasteiger partial charge in [0.15, 0.2) is 0 Å². The van der Waals surface area contributed by atoms with Gasteiger partial charge in [0.05, 0.1) is 12.6 Å². The Balaban J connectivity index is 2.00. The first-order chi connectivity index (χ1) is 11.0. The van der Waals surface area contributed by atoms with Gasteiger partial charge >= 0.3 is 5.69 Å². The number of nitriles is 1. The van der Waals surface area contributed by atoms with E-state index in [0.717, 1.165) is 17.4 Å². The van der Waals surface area contributed by atoms with E-state index in [1.807, 2.05) is 6.07 Å². The zero-order chi connectivity index (χ0) is 16.6. The number of halogens is 1. The molecule has 1 aromatic heterocycles. The van der Waals surface area contributed by atoms with Gasteiger partial charge in [0.1, 0.15) is 11.6 Å². The van der Waals surface area contributed by atoms with Crippen LogP contribution in [0.25, 0.3) is 0 Å². The number of aromatic nitrogens is 2. The molecule has 0 radical (unpaired) electrons. The average Bonchev–Trinajstić information content (AvgIpc) is 3.37. The van der Waals surface area contributed by atoms with Gasteiger partial charge in [0.25, 0.3) is 5.56 Å². The highest BCUT2D eigenvalue weighted by Gasteiger charge is 2.27. The lowest BCUT2D eigenvalue weighted by Crippen LogP contribution is -2.41. The smallest absolute Gasteiger partial charge is 0.331 e. The van der Waals surface area contributed by atoms with Crippen LogP contribution in [-0.4, -0.2) is 14.2 Å². The van der Waals surface area contributed by atoms with Crippen LogP contribution in [0.15, 0.2) is 40.1 Å². The lowest BCUT2D eigenvalue weighted by Gasteiger charge is -2.14. The summed E-state index contributed by atoms with van der Waals surface area (Å²) in [5, 5.41) is 19.9. The molecule has 1 aliphatic carbocycles. The van der Waals surface area contributed by atoms with E-state index in [1.165, 1.54) is 10.8 Å². The molecule has 23 heavy (non-hydrogen) atoms. The van der Waals surface area contributed by atoms with E-state index in [9.17, 15) is 14.7 Å². The van der Waals surface area contributed by atoms with Crippen molar-refractivity contribution in [3.8, 4) is 6.07 Å². The molecule has 2 aromatic rings. The van der Waals surface area contributed by atoms with E-state index in [4.69, 9.17) is 16.9 Å². The minimum absolute atomic E-state index is 0.0362. The van der Waals surface area contributed by atoms with Crippen molar-refractivity contribution in [3.05, 3.63) is 67.4 Å². The highest BCUT2D eigenvalue weighted by Crippen LogP contribution is 2.33. The van der Waals surface area contributed by atoms with E-state index in [-0.39, 0.29) is 18.2 Å². The Kier molecular flexibility index (Phi) is 4.07. The molecule has 0 aliphatic heterocycles. The maximum atomic E-state index is 12.4. The molecular formula is C16H14ClN3O3. The lowest BCUT2D eigenvalue weighted by atomic mass is 10.1. The van der Waals surface area contributed by atoms with Crippen molar-refractivity contribution in [1.29, 1.82) is 5.26 Å². The lowest BCUT2D eigenvalue weighted by molar-refractivity contribution is 0.152. The fraction of sp³-hybridized carbons (Fsp3) is 0.312. The average molecular weight is 332 g/mol. The Labute approximate surface area is 136 Å². The molecule has 1 saturated carbocycles.